The van der Waals surface area contributed by atoms with Gasteiger partial charge < -0.3 is 20.1 Å². The molecule has 1 saturated carbocycles. The lowest BCUT2D eigenvalue weighted by atomic mass is 9.95. The molecule has 8 nitrogen and oxygen atoms in total. The molecular formula is C28H32ClN5O3. The smallest absolute Gasteiger partial charge is 0.229 e. The average Bonchev–Trinajstić information content (AvgIpc) is 3.47. The van der Waals surface area contributed by atoms with Gasteiger partial charge >= 0.3 is 0 Å². The number of rotatable bonds is 5. The van der Waals surface area contributed by atoms with E-state index in [-0.39, 0.29) is 29.2 Å². The van der Waals surface area contributed by atoms with E-state index in [1.165, 1.54) is 0 Å². The second kappa shape index (κ2) is 9.51. The monoisotopic (exact) mass is 521 g/mol. The van der Waals surface area contributed by atoms with Crippen molar-refractivity contribution in [1.29, 1.82) is 0 Å². The lowest BCUT2D eigenvalue weighted by Gasteiger charge is -2.45. The minimum Gasteiger partial charge on any atom is -0.389 e. The van der Waals surface area contributed by atoms with Crippen molar-refractivity contribution < 1.29 is 14.6 Å². The van der Waals surface area contributed by atoms with Crippen LogP contribution in [0.25, 0.3) is 10.8 Å². The first-order chi connectivity index (χ1) is 17.8. The highest BCUT2D eigenvalue weighted by atomic mass is 35.5. The Balaban J connectivity index is 1.16. The average molecular weight is 522 g/mol. The number of carbonyl (C=O) groups excluding carboxylic acids is 1. The number of halogens is 1. The molecule has 5 unspecified atom stereocenters. The van der Waals surface area contributed by atoms with E-state index >= 15 is 0 Å². The van der Waals surface area contributed by atoms with E-state index < -0.39 is 6.10 Å². The largest absolute Gasteiger partial charge is 0.389 e. The quantitative estimate of drug-likeness (QED) is 0.530. The molecule has 1 aromatic carbocycles. The fraction of sp³-hybridized carbons (Fsp3) is 0.464. The zero-order valence-electron chi connectivity index (χ0n) is 21.1. The van der Waals surface area contributed by atoms with Gasteiger partial charge in [0.2, 0.25) is 5.91 Å². The van der Waals surface area contributed by atoms with Gasteiger partial charge in [-0.25, -0.2) is 4.98 Å². The zero-order chi connectivity index (χ0) is 25.7. The molecule has 194 valence electrons. The number of pyridine rings is 2. The van der Waals surface area contributed by atoms with Gasteiger partial charge in [0, 0.05) is 55.6 Å². The number of anilines is 2. The summed E-state index contributed by atoms with van der Waals surface area (Å²) in [6.07, 6.45) is 3.06. The van der Waals surface area contributed by atoms with Gasteiger partial charge in [-0.15, -0.1) is 0 Å². The third-order valence-corrected chi connectivity index (χ3v) is 8.78. The first kappa shape index (κ1) is 24.6. The number of hydrogen-bond donors (Lipinski definition) is 2. The maximum atomic E-state index is 13.0. The van der Waals surface area contributed by atoms with Crippen LogP contribution in [-0.4, -0.2) is 76.9 Å². The summed E-state index contributed by atoms with van der Waals surface area (Å²) in [5, 5.41) is 16.0. The van der Waals surface area contributed by atoms with Gasteiger partial charge in [0.25, 0.3) is 0 Å². The van der Waals surface area contributed by atoms with Crippen LogP contribution in [0.5, 0.6) is 0 Å². The molecule has 3 fully saturated rings. The zero-order valence-corrected chi connectivity index (χ0v) is 21.9. The van der Waals surface area contributed by atoms with Crippen molar-refractivity contribution in [3.05, 3.63) is 59.5 Å². The molecule has 0 spiro atoms. The van der Waals surface area contributed by atoms with Gasteiger partial charge in [-0.2, -0.15) is 0 Å². The van der Waals surface area contributed by atoms with Gasteiger partial charge in [-0.05, 0) is 48.6 Å². The molecule has 6 rings (SSSR count). The first-order valence-corrected chi connectivity index (χ1v) is 13.3. The highest BCUT2D eigenvalue weighted by molar-refractivity contribution is 6.34. The van der Waals surface area contributed by atoms with E-state index in [0.717, 1.165) is 48.3 Å². The molecule has 3 aromatic rings. The predicted octanol–water partition coefficient (Wildman–Crippen LogP) is 3.54. The lowest BCUT2D eigenvalue weighted by Crippen LogP contribution is -2.60. The van der Waals surface area contributed by atoms with E-state index in [1.54, 1.807) is 12.4 Å². The topological polar surface area (TPSA) is 90.8 Å². The summed E-state index contributed by atoms with van der Waals surface area (Å²) in [4.78, 5) is 26.5. The van der Waals surface area contributed by atoms with Gasteiger partial charge in [0.1, 0.15) is 5.82 Å². The summed E-state index contributed by atoms with van der Waals surface area (Å²) in [5.41, 5.74) is 1.59. The Kier molecular flexibility index (Phi) is 6.31. The molecule has 1 aliphatic carbocycles. The lowest BCUT2D eigenvalue weighted by molar-refractivity contribution is -0.117. The Labute approximate surface area is 221 Å². The normalized spacial score (nSPS) is 30.0. The van der Waals surface area contributed by atoms with E-state index in [4.69, 9.17) is 16.3 Å². The summed E-state index contributed by atoms with van der Waals surface area (Å²) in [5.74, 6) is 0.808. The number of amides is 1. The van der Waals surface area contributed by atoms with Crippen LogP contribution in [0, 0.1) is 11.8 Å². The molecule has 5 atom stereocenters. The number of ether oxygens (including phenoxy) is 1. The second-order valence-electron chi connectivity index (χ2n) is 10.7. The molecule has 1 amide bonds. The molecule has 37 heavy (non-hydrogen) atoms. The number of benzene rings is 1. The van der Waals surface area contributed by atoms with Gasteiger partial charge in [-0.1, -0.05) is 24.6 Å². The molecule has 0 bridgehead atoms. The summed E-state index contributed by atoms with van der Waals surface area (Å²) >= 11 is 6.70. The van der Waals surface area contributed by atoms with E-state index in [1.807, 2.05) is 30.3 Å². The maximum absolute atomic E-state index is 13.0. The number of aliphatic hydroxyl groups excluding tert-OH is 1. The minimum absolute atomic E-state index is 0.0214. The van der Waals surface area contributed by atoms with Crippen LogP contribution in [0.2, 0.25) is 5.02 Å². The number of nitrogens with one attached hydrogen (secondary N) is 1. The molecule has 3 aliphatic rings. The van der Waals surface area contributed by atoms with Crippen LogP contribution in [0.1, 0.15) is 25.5 Å². The molecule has 0 radical (unpaired) electrons. The number of carbonyl (C=O) groups is 1. The first-order valence-electron chi connectivity index (χ1n) is 12.9. The van der Waals surface area contributed by atoms with Crippen molar-refractivity contribution in [1.82, 2.24) is 14.9 Å². The van der Waals surface area contributed by atoms with Crippen LogP contribution >= 0.6 is 11.6 Å². The van der Waals surface area contributed by atoms with Crippen molar-refractivity contribution in [3.63, 3.8) is 0 Å². The second-order valence-corrected chi connectivity index (χ2v) is 11.1. The molecule has 2 saturated heterocycles. The Morgan fingerprint density at radius 3 is 2.68 bits per heavy atom. The molecule has 2 N–H and O–H groups in total. The molecule has 9 heteroatoms. The molecule has 4 heterocycles. The van der Waals surface area contributed by atoms with Crippen molar-refractivity contribution >= 4 is 39.8 Å². The number of nitrogens with zero attached hydrogens (tertiary/aromatic N) is 4. The van der Waals surface area contributed by atoms with Gasteiger partial charge in [0.05, 0.1) is 41.5 Å². The fourth-order valence-electron chi connectivity index (χ4n) is 5.98. The van der Waals surface area contributed by atoms with Crippen LogP contribution in [0.4, 0.5) is 11.5 Å². The molecule has 2 aromatic heterocycles. The van der Waals surface area contributed by atoms with E-state index in [9.17, 15) is 9.90 Å². The Bertz CT molecular complexity index is 1320. The standard InChI is InChI=1S/C28H32ClN5O3/c1-17-25(21-5-3-4-6-30-21)26(17)27(36)32-24-13-18-12-22(20(29)11-19(18)14-31-24)33-7-9-34(10-8-33)28(2)16-37-15-23(28)35/h3-6,11-14,17,23,25-26,35H,7-10,15-16H2,1-2H3,(H,31,32,36). The third-order valence-electron chi connectivity index (χ3n) is 8.48. The number of aromatic nitrogens is 2. The van der Waals surface area contributed by atoms with Crippen molar-refractivity contribution in [2.45, 2.75) is 31.4 Å². The van der Waals surface area contributed by atoms with Crippen LogP contribution in [-0.2, 0) is 9.53 Å². The van der Waals surface area contributed by atoms with Crippen molar-refractivity contribution in [2.24, 2.45) is 11.8 Å². The number of aliphatic hydroxyl groups is 1. The highest BCUT2D eigenvalue weighted by Gasteiger charge is 2.53. The van der Waals surface area contributed by atoms with E-state index in [0.29, 0.717) is 24.1 Å². The Morgan fingerprint density at radius 2 is 1.97 bits per heavy atom. The highest BCUT2D eigenvalue weighted by Crippen LogP contribution is 2.53. The summed E-state index contributed by atoms with van der Waals surface area (Å²) in [7, 11) is 0. The maximum Gasteiger partial charge on any atom is 0.229 e. The summed E-state index contributed by atoms with van der Waals surface area (Å²) in [6, 6.07) is 11.8. The number of piperazine rings is 1. The van der Waals surface area contributed by atoms with Crippen LogP contribution in [0.3, 0.4) is 0 Å². The van der Waals surface area contributed by atoms with Crippen LogP contribution < -0.4 is 10.2 Å². The predicted molar refractivity (Wildman–Crippen MR) is 144 cm³/mol. The van der Waals surface area contributed by atoms with Crippen molar-refractivity contribution in [2.75, 3.05) is 49.6 Å². The molecule has 2 aliphatic heterocycles. The van der Waals surface area contributed by atoms with Gasteiger partial charge in [-0.3, -0.25) is 14.7 Å². The Morgan fingerprint density at radius 1 is 1.16 bits per heavy atom. The minimum atomic E-state index is -0.470. The SMILES string of the molecule is CC1C(C(=O)Nc2cc3cc(N4CCN(C5(C)COCC5O)CC4)c(Cl)cc3cn2)C1c1ccccn1. The van der Waals surface area contributed by atoms with Crippen molar-refractivity contribution in [3.8, 4) is 0 Å². The molecular weight excluding hydrogens is 490 g/mol. The Hall–Kier alpha value is -2.78. The number of fused-ring (bicyclic) bond motifs is 1. The fourth-order valence-corrected chi connectivity index (χ4v) is 6.27. The van der Waals surface area contributed by atoms with Gasteiger partial charge in [0.15, 0.2) is 0 Å². The van der Waals surface area contributed by atoms with E-state index in [2.05, 4.69) is 45.0 Å². The summed E-state index contributed by atoms with van der Waals surface area (Å²) < 4.78 is 5.53. The summed E-state index contributed by atoms with van der Waals surface area (Å²) in [6.45, 7) is 8.35. The van der Waals surface area contributed by atoms with Crippen LogP contribution in [0.15, 0.2) is 48.8 Å². The number of hydrogen-bond acceptors (Lipinski definition) is 7. The third kappa shape index (κ3) is 4.46.